The number of anilines is 2. The molecule has 0 spiro atoms. The van der Waals surface area contributed by atoms with Gasteiger partial charge < -0.3 is 20.3 Å². The molecule has 0 radical (unpaired) electrons. The molecule has 0 aromatic heterocycles. The van der Waals surface area contributed by atoms with Crippen LogP contribution in [-0.2, 0) is 11.3 Å². The highest BCUT2D eigenvalue weighted by Gasteiger charge is 2.23. The molecule has 0 atom stereocenters. The van der Waals surface area contributed by atoms with Gasteiger partial charge in [0.2, 0.25) is 0 Å². The molecule has 0 saturated carbocycles. The summed E-state index contributed by atoms with van der Waals surface area (Å²) in [5.41, 5.74) is 2.30. The maximum atomic E-state index is 12.4. The third kappa shape index (κ3) is 3.97. The van der Waals surface area contributed by atoms with Gasteiger partial charge in [0.15, 0.2) is 0 Å². The second-order valence-corrected chi connectivity index (χ2v) is 6.24. The number of cyclic esters (lactones) is 1. The smallest absolute Gasteiger partial charge is 0.411 e. The molecule has 3 rings (SSSR count). The number of nitrogens with zero attached hydrogens (tertiary/aromatic N) is 1. The van der Waals surface area contributed by atoms with E-state index in [0.29, 0.717) is 11.6 Å². The number of rotatable bonds is 4. The molecule has 2 aliphatic rings. The van der Waals surface area contributed by atoms with Crippen molar-refractivity contribution in [3.05, 3.63) is 23.8 Å². The third-order valence-corrected chi connectivity index (χ3v) is 4.54. The molecule has 7 heteroatoms. The van der Waals surface area contributed by atoms with Gasteiger partial charge in [-0.05, 0) is 50.0 Å². The Morgan fingerprint density at radius 1 is 1.38 bits per heavy atom. The lowest BCUT2D eigenvalue weighted by Gasteiger charge is -2.32. The van der Waals surface area contributed by atoms with E-state index in [2.05, 4.69) is 22.9 Å². The van der Waals surface area contributed by atoms with Crippen LogP contribution in [0.25, 0.3) is 0 Å². The number of nitrogens with one attached hydrogen (secondary N) is 3. The van der Waals surface area contributed by atoms with Gasteiger partial charge in [0, 0.05) is 24.3 Å². The van der Waals surface area contributed by atoms with Crippen LogP contribution in [0.5, 0.6) is 0 Å². The van der Waals surface area contributed by atoms with Gasteiger partial charge in [-0.2, -0.15) is 0 Å². The summed E-state index contributed by atoms with van der Waals surface area (Å²) in [5, 5.41) is 8.94. The first kappa shape index (κ1) is 16.6. The summed E-state index contributed by atoms with van der Waals surface area (Å²) in [7, 11) is 0. The van der Waals surface area contributed by atoms with Gasteiger partial charge in [0.1, 0.15) is 6.61 Å². The fourth-order valence-electron chi connectivity index (χ4n) is 3.09. The van der Waals surface area contributed by atoms with E-state index >= 15 is 0 Å². The van der Waals surface area contributed by atoms with Gasteiger partial charge in [-0.1, -0.05) is 6.92 Å². The van der Waals surface area contributed by atoms with Crippen molar-refractivity contribution in [3.63, 3.8) is 0 Å². The number of fused-ring (bicyclic) bond motifs is 1. The molecular formula is C17H24N4O3. The molecule has 24 heavy (non-hydrogen) atoms. The van der Waals surface area contributed by atoms with E-state index in [4.69, 9.17) is 4.74 Å². The molecule has 1 aromatic rings. The summed E-state index contributed by atoms with van der Waals surface area (Å²) in [6.07, 6.45) is 1.62. The summed E-state index contributed by atoms with van der Waals surface area (Å²) < 4.78 is 4.95. The average molecular weight is 332 g/mol. The van der Waals surface area contributed by atoms with Gasteiger partial charge >= 0.3 is 12.1 Å². The molecule has 0 bridgehead atoms. The van der Waals surface area contributed by atoms with E-state index in [1.54, 1.807) is 12.1 Å². The first-order valence-electron chi connectivity index (χ1n) is 8.49. The zero-order valence-electron chi connectivity index (χ0n) is 13.9. The minimum atomic E-state index is -0.445. The van der Waals surface area contributed by atoms with Crippen LogP contribution in [0.4, 0.5) is 21.0 Å². The Balaban J connectivity index is 1.53. The number of ether oxygens (including phenoxy) is 1. The van der Waals surface area contributed by atoms with Crippen molar-refractivity contribution in [2.24, 2.45) is 5.92 Å². The summed E-state index contributed by atoms with van der Waals surface area (Å²) >= 11 is 0. The molecule has 2 aliphatic heterocycles. The number of likely N-dealkylation sites (tertiary alicyclic amines) is 1. The van der Waals surface area contributed by atoms with Gasteiger partial charge in [0.05, 0.1) is 5.69 Å². The second-order valence-electron chi connectivity index (χ2n) is 6.24. The first-order chi connectivity index (χ1) is 11.7. The minimum Gasteiger partial charge on any atom is -0.444 e. The van der Waals surface area contributed by atoms with Crippen molar-refractivity contribution in [2.45, 2.75) is 26.4 Å². The van der Waals surface area contributed by atoms with Crippen molar-refractivity contribution in [1.29, 1.82) is 0 Å². The molecule has 3 amide bonds. The van der Waals surface area contributed by atoms with Crippen LogP contribution < -0.4 is 16.0 Å². The maximum Gasteiger partial charge on any atom is 0.411 e. The molecule has 1 aromatic carbocycles. The predicted octanol–water partition coefficient (Wildman–Crippen LogP) is 2.60. The topological polar surface area (TPSA) is 82.7 Å². The molecule has 0 unspecified atom stereocenters. The Kier molecular flexibility index (Phi) is 5.20. The van der Waals surface area contributed by atoms with E-state index in [-0.39, 0.29) is 12.6 Å². The number of hydrogen-bond acceptors (Lipinski definition) is 4. The molecule has 130 valence electrons. The molecular weight excluding hydrogens is 308 g/mol. The number of amides is 3. The normalized spacial score (nSPS) is 17.7. The lowest BCUT2D eigenvalue weighted by atomic mass is 9.97. The van der Waals surface area contributed by atoms with E-state index in [1.807, 2.05) is 11.0 Å². The van der Waals surface area contributed by atoms with Gasteiger partial charge in [0.25, 0.3) is 0 Å². The first-order valence-corrected chi connectivity index (χ1v) is 8.49. The van der Waals surface area contributed by atoms with E-state index in [1.165, 1.54) is 0 Å². The molecule has 0 aliphatic carbocycles. The lowest BCUT2D eigenvalue weighted by Crippen LogP contribution is -2.42. The summed E-state index contributed by atoms with van der Waals surface area (Å²) in [6.45, 7) is 5.92. The monoisotopic (exact) mass is 332 g/mol. The molecule has 3 N–H and O–H groups in total. The average Bonchev–Trinajstić information content (AvgIpc) is 2.60. The largest absolute Gasteiger partial charge is 0.444 e. The fourth-order valence-corrected chi connectivity index (χ4v) is 3.09. The zero-order chi connectivity index (χ0) is 16.9. The SMILES string of the molecule is CCNCC1CCN(C(=O)Nc2ccc3c(c2)COC(=O)N3)CC1. The number of benzene rings is 1. The highest BCUT2D eigenvalue weighted by Crippen LogP contribution is 2.25. The number of piperidine rings is 1. The van der Waals surface area contributed by atoms with Crippen molar-refractivity contribution >= 4 is 23.5 Å². The van der Waals surface area contributed by atoms with Crippen molar-refractivity contribution in [3.8, 4) is 0 Å². The van der Waals surface area contributed by atoms with E-state index in [9.17, 15) is 9.59 Å². The van der Waals surface area contributed by atoms with Gasteiger partial charge in [-0.3, -0.25) is 5.32 Å². The number of carbonyl (C=O) groups excluding carboxylic acids is 2. The molecule has 2 heterocycles. The Morgan fingerprint density at radius 3 is 2.92 bits per heavy atom. The van der Waals surface area contributed by atoms with Gasteiger partial charge in [-0.25, -0.2) is 9.59 Å². The minimum absolute atomic E-state index is 0.0717. The van der Waals surface area contributed by atoms with Crippen LogP contribution in [0.15, 0.2) is 18.2 Å². The maximum absolute atomic E-state index is 12.4. The Hall–Kier alpha value is -2.28. The quantitative estimate of drug-likeness (QED) is 0.791. The standard InChI is InChI=1S/C17H24N4O3/c1-2-18-10-12-5-7-21(8-6-12)16(22)19-14-3-4-15-13(9-14)11-24-17(23)20-15/h3-4,9,12,18H,2,5-8,10-11H2,1H3,(H,19,22)(H,20,23). The molecule has 7 nitrogen and oxygen atoms in total. The highest BCUT2D eigenvalue weighted by molar-refractivity contribution is 5.91. The Labute approximate surface area is 141 Å². The van der Waals surface area contributed by atoms with E-state index < -0.39 is 6.09 Å². The summed E-state index contributed by atoms with van der Waals surface area (Å²) in [5.74, 6) is 0.651. The van der Waals surface area contributed by atoms with E-state index in [0.717, 1.165) is 50.3 Å². The molecule has 1 saturated heterocycles. The van der Waals surface area contributed by atoms with Crippen LogP contribution in [0.1, 0.15) is 25.3 Å². The lowest BCUT2D eigenvalue weighted by molar-refractivity contribution is 0.151. The van der Waals surface area contributed by atoms with Crippen molar-refractivity contribution in [2.75, 3.05) is 36.8 Å². The highest BCUT2D eigenvalue weighted by atomic mass is 16.5. The van der Waals surface area contributed by atoms with Crippen LogP contribution >= 0.6 is 0 Å². The second kappa shape index (κ2) is 7.53. The van der Waals surface area contributed by atoms with Crippen molar-refractivity contribution in [1.82, 2.24) is 10.2 Å². The number of hydrogen-bond donors (Lipinski definition) is 3. The predicted molar refractivity (Wildman–Crippen MR) is 92.1 cm³/mol. The summed E-state index contributed by atoms with van der Waals surface area (Å²) in [6, 6.07) is 5.34. The Bertz CT molecular complexity index is 612. The summed E-state index contributed by atoms with van der Waals surface area (Å²) in [4.78, 5) is 25.4. The van der Waals surface area contributed by atoms with Crippen LogP contribution in [0.2, 0.25) is 0 Å². The third-order valence-electron chi connectivity index (χ3n) is 4.54. The van der Waals surface area contributed by atoms with Crippen LogP contribution in [-0.4, -0.2) is 43.2 Å². The zero-order valence-corrected chi connectivity index (χ0v) is 13.9. The van der Waals surface area contributed by atoms with Crippen LogP contribution in [0, 0.1) is 5.92 Å². The fraction of sp³-hybridized carbons (Fsp3) is 0.529. The van der Waals surface area contributed by atoms with Gasteiger partial charge in [-0.15, -0.1) is 0 Å². The number of urea groups is 1. The molecule has 1 fully saturated rings. The Morgan fingerprint density at radius 2 is 2.17 bits per heavy atom. The number of carbonyl (C=O) groups is 2. The van der Waals surface area contributed by atoms with Crippen molar-refractivity contribution < 1.29 is 14.3 Å². The van der Waals surface area contributed by atoms with Crippen LogP contribution in [0.3, 0.4) is 0 Å².